The van der Waals surface area contributed by atoms with Crippen molar-refractivity contribution < 1.29 is 18.3 Å². The van der Waals surface area contributed by atoms with Gasteiger partial charge in [-0.25, -0.2) is 13.2 Å². The van der Waals surface area contributed by atoms with Crippen molar-refractivity contribution in [3.05, 3.63) is 29.6 Å². The molecule has 1 saturated carbocycles. The fraction of sp³-hybridized carbons (Fsp3) is 0.500. The first-order valence-electron chi connectivity index (χ1n) is 5.67. The lowest BCUT2D eigenvalue weighted by molar-refractivity contribution is 0.116. The molecule has 0 heterocycles. The summed E-state index contributed by atoms with van der Waals surface area (Å²) in [6.45, 7) is 0. The summed E-state index contributed by atoms with van der Waals surface area (Å²) < 4.78 is 39.3. The van der Waals surface area contributed by atoms with E-state index >= 15 is 0 Å². The van der Waals surface area contributed by atoms with Crippen molar-refractivity contribution in [1.29, 1.82) is 0 Å². The van der Waals surface area contributed by atoms with E-state index in [-0.39, 0.29) is 11.7 Å². The molecule has 0 amide bonds. The van der Waals surface area contributed by atoms with Crippen molar-refractivity contribution in [3.8, 4) is 0 Å². The lowest BCUT2D eigenvalue weighted by atomic mass is 9.92. The lowest BCUT2D eigenvalue weighted by Gasteiger charge is -2.29. The number of hydrogen-bond donors (Lipinski definition) is 2. The van der Waals surface area contributed by atoms with Gasteiger partial charge in [0.1, 0.15) is 5.82 Å². The van der Waals surface area contributed by atoms with Gasteiger partial charge in [0.2, 0.25) is 0 Å². The van der Waals surface area contributed by atoms with Gasteiger partial charge in [-0.2, -0.15) is 0 Å². The third-order valence-corrected chi connectivity index (χ3v) is 3.06. The van der Waals surface area contributed by atoms with Crippen LogP contribution in [0.2, 0.25) is 0 Å². The average molecular weight is 245 g/mol. The Morgan fingerprint density at radius 2 is 1.82 bits per heavy atom. The van der Waals surface area contributed by atoms with Gasteiger partial charge in [-0.15, -0.1) is 0 Å². The minimum atomic E-state index is -1.22. The molecular formula is C12H14F3NO. The molecule has 1 fully saturated rings. The van der Waals surface area contributed by atoms with Crippen LogP contribution >= 0.6 is 0 Å². The third-order valence-electron chi connectivity index (χ3n) is 3.06. The van der Waals surface area contributed by atoms with Crippen molar-refractivity contribution in [2.45, 2.75) is 37.8 Å². The van der Waals surface area contributed by atoms with Crippen molar-refractivity contribution in [3.63, 3.8) is 0 Å². The quantitative estimate of drug-likeness (QED) is 0.785. The highest BCUT2D eigenvalue weighted by molar-refractivity contribution is 5.46. The molecule has 2 rings (SSSR count). The van der Waals surface area contributed by atoms with Gasteiger partial charge in [0.15, 0.2) is 11.6 Å². The second-order valence-corrected chi connectivity index (χ2v) is 4.35. The Labute approximate surface area is 97.5 Å². The monoisotopic (exact) mass is 245 g/mol. The van der Waals surface area contributed by atoms with Crippen LogP contribution in [0.5, 0.6) is 0 Å². The third kappa shape index (κ3) is 2.72. The Morgan fingerprint density at radius 1 is 1.12 bits per heavy atom. The largest absolute Gasteiger partial charge is 0.391 e. The van der Waals surface area contributed by atoms with E-state index in [1.807, 2.05) is 0 Å². The molecule has 0 spiro atoms. The SMILES string of the molecule is O[C@@H]1CCCC[C@H]1Nc1cc(F)cc(F)c1F. The number of benzene rings is 1. The molecule has 1 aromatic rings. The molecule has 0 saturated heterocycles. The Kier molecular flexibility index (Phi) is 3.57. The number of anilines is 1. The average Bonchev–Trinajstić information content (AvgIpc) is 2.28. The molecule has 17 heavy (non-hydrogen) atoms. The molecule has 2 nitrogen and oxygen atoms in total. The predicted octanol–water partition coefficient (Wildman–Crippen LogP) is 2.82. The van der Waals surface area contributed by atoms with E-state index in [4.69, 9.17) is 0 Å². The Bertz CT molecular complexity index is 411. The van der Waals surface area contributed by atoms with Gasteiger partial charge >= 0.3 is 0 Å². The Morgan fingerprint density at radius 3 is 2.53 bits per heavy atom. The molecule has 5 heteroatoms. The van der Waals surface area contributed by atoms with Crippen LogP contribution in [-0.4, -0.2) is 17.3 Å². The van der Waals surface area contributed by atoms with Crippen molar-refractivity contribution in [2.75, 3.05) is 5.32 Å². The van der Waals surface area contributed by atoms with Crippen molar-refractivity contribution >= 4 is 5.69 Å². The van der Waals surface area contributed by atoms with E-state index in [0.717, 1.165) is 18.9 Å². The molecular weight excluding hydrogens is 231 g/mol. The van der Waals surface area contributed by atoms with Crippen LogP contribution in [-0.2, 0) is 0 Å². The minimum absolute atomic E-state index is 0.228. The van der Waals surface area contributed by atoms with Crippen LogP contribution in [0.15, 0.2) is 12.1 Å². The number of hydrogen-bond acceptors (Lipinski definition) is 2. The fourth-order valence-corrected chi connectivity index (χ4v) is 2.14. The van der Waals surface area contributed by atoms with E-state index in [0.29, 0.717) is 18.9 Å². The summed E-state index contributed by atoms with van der Waals surface area (Å²) in [5.74, 6) is -3.17. The molecule has 1 aliphatic carbocycles. The summed E-state index contributed by atoms with van der Waals surface area (Å²) >= 11 is 0. The van der Waals surface area contributed by atoms with Crippen LogP contribution in [0.3, 0.4) is 0 Å². The maximum Gasteiger partial charge on any atom is 0.182 e. The first-order valence-corrected chi connectivity index (χ1v) is 5.67. The van der Waals surface area contributed by atoms with Gasteiger partial charge in [-0.3, -0.25) is 0 Å². The molecule has 0 bridgehead atoms. The molecule has 1 aliphatic rings. The molecule has 2 N–H and O–H groups in total. The first-order chi connectivity index (χ1) is 8.08. The van der Waals surface area contributed by atoms with Gasteiger partial charge in [0, 0.05) is 12.1 Å². The van der Waals surface area contributed by atoms with Crippen LogP contribution in [0.25, 0.3) is 0 Å². The first kappa shape index (κ1) is 12.2. The van der Waals surface area contributed by atoms with Gasteiger partial charge in [-0.1, -0.05) is 12.8 Å². The highest BCUT2D eigenvalue weighted by Gasteiger charge is 2.24. The van der Waals surface area contributed by atoms with Crippen LogP contribution in [0.4, 0.5) is 18.9 Å². The summed E-state index contributed by atoms with van der Waals surface area (Å²) in [5.41, 5.74) is -0.228. The summed E-state index contributed by atoms with van der Waals surface area (Å²) in [5, 5.41) is 12.4. The normalized spacial score (nSPS) is 24.7. The molecule has 94 valence electrons. The summed E-state index contributed by atoms with van der Waals surface area (Å²) in [6.07, 6.45) is 2.51. The zero-order valence-corrected chi connectivity index (χ0v) is 9.22. The van der Waals surface area contributed by atoms with Gasteiger partial charge in [-0.05, 0) is 12.8 Å². The Balaban J connectivity index is 2.17. The number of rotatable bonds is 2. The van der Waals surface area contributed by atoms with E-state index in [1.165, 1.54) is 0 Å². The van der Waals surface area contributed by atoms with E-state index in [2.05, 4.69) is 5.32 Å². The maximum atomic E-state index is 13.4. The summed E-state index contributed by atoms with van der Waals surface area (Å²) in [6, 6.07) is 1.05. The maximum absolute atomic E-state index is 13.4. The number of nitrogens with one attached hydrogen (secondary N) is 1. The smallest absolute Gasteiger partial charge is 0.182 e. The van der Waals surface area contributed by atoms with Crippen molar-refractivity contribution in [2.24, 2.45) is 0 Å². The number of aliphatic hydroxyl groups is 1. The Hall–Kier alpha value is -1.23. The fourth-order valence-electron chi connectivity index (χ4n) is 2.14. The molecule has 0 radical (unpaired) electrons. The van der Waals surface area contributed by atoms with Gasteiger partial charge in [0.25, 0.3) is 0 Å². The minimum Gasteiger partial charge on any atom is -0.391 e. The zero-order chi connectivity index (χ0) is 12.4. The summed E-state index contributed by atoms with van der Waals surface area (Å²) in [7, 11) is 0. The highest BCUT2D eigenvalue weighted by atomic mass is 19.2. The second kappa shape index (κ2) is 4.96. The van der Waals surface area contributed by atoms with Crippen molar-refractivity contribution in [1.82, 2.24) is 0 Å². The highest BCUT2D eigenvalue weighted by Crippen LogP contribution is 2.25. The standard InChI is InChI=1S/C12H14F3NO/c13-7-5-8(14)12(15)10(6-7)16-9-3-1-2-4-11(9)17/h5-6,9,11,16-17H,1-4H2/t9-,11-/m1/s1. The second-order valence-electron chi connectivity index (χ2n) is 4.35. The predicted molar refractivity (Wildman–Crippen MR) is 58.2 cm³/mol. The topological polar surface area (TPSA) is 32.3 Å². The number of aliphatic hydroxyl groups excluding tert-OH is 1. The van der Waals surface area contributed by atoms with E-state index in [1.54, 1.807) is 0 Å². The van der Waals surface area contributed by atoms with E-state index in [9.17, 15) is 18.3 Å². The molecule has 0 aromatic heterocycles. The number of halogens is 3. The molecule has 0 aliphatic heterocycles. The molecule has 1 aromatic carbocycles. The van der Waals surface area contributed by atoms with Gasteiger partial charge < -0.3 is 10.4 Å². The van der Waals surface area contributed by atoms with Crippen LogP contribution in [0, 0.1) is 17.5 Å². The van der Waals surface area contributed by atoms with Gasteiger partial charge in [0.05, 0.1) is 17.8 Å². The molecule has 2 atom stereocenters. The van der Waals surface area contributed by atoms with E-state index < -0.39 is 23.6 Å². The van der Waals surface area contributed by atoms with Crippen LogP contribution in [0.1, 0.15) is 25.7 Å². The van der Waals surface area contributed by atoms with Crippen LogP contribution < -0.4 is 5.32 Å². The lowest BCUT2D eigenvalue weighted by Crippen LogP contribution is -2.36. The summed E-state index contributed by atoms with van der Waals surface area (Å²) in [4.78, 5) is 0. The zero-order valence-electron chi connectivity index (χ0n) is 9.22. The molecule has 0 unspecified atom stereocenters.